The fourth-order valence-electron chi connectivity index (χ4n) is 3.01. The molecule has 40 heavy (non-hydrogen) atoms. The summed E-state index contributed by atoms with van der Waals surface area (Å²) < 4.78 is 92.3. The number of esters is 1. The lowest BCUT2D eigenvalue weighted by molar-refractivity contribution is -0.464. The zero-order valence-corrected chi connectivity index (χ0v) is 24.7. The summed E-state index contributed by atoms with van der Waals surface area (Å²) in [6.45, 7) is -0.546. The Hall–Kier alpha value is -2.29. The van der Waals surface area contributed by atoms with E-state index in [1.165, 1.54) is 0 Å². The van der Waals surface area contributed by atoms with Gasteiger partial charge in [-0.3, -0.25) is 0 Å². The van der Waals surface area contributed by atoms with Crippen LogP contribution in [-0.4, -0.2) is 30.0 Å². The summed E-state index contributed by atoms with van der Waals surface area (Å²) in [5.74, 6) is -0.699. The van der Waals surface area contributed by atoms with E-state index in [1.54, 1.807) is 0 Å². The van der Waals surface area contributed by atoms with Gasteiger partial charge in [-0.05, 0) is 110 Å². The van der Waals surface area contributed by atoms with Crippen molar-refractivity contribution in [3.63, 3.8) is 0 Å². The molecule has 3 aromatic carbocycles. The largest absolute Gasteiger partial charge is 0.482 e. The molecule has 16 heteroatoms. The maximum Gasteiger partial charge on any atom is 0.471 e. The van der Waals surface area contributed by atoms with Crippen molar-refractivity contribution in [2.24, 2.45) is 5.16 Å². The first-order valence-corrected chi connectivity index (χ1v) is 13.6. The van der Waals surface area contributed by atoms with Crippen LogP contribution in [-0.2, 0) is 23.9 Å². The minimum atomic E-state index is -5.06. The fraction of sp³-hybridized carbons (Fsp3) is 0.167. The van der Waals surface area contributed by atoms with E-state index in [4.69, 9.17) is 9.47 Å². The Morgan fingerprint density at radius 3 is 1.82 bits per heavy atom. The molecule has 0 spiro atoms. The first-order chi connectivity index (χ1) is 18.8. The third kappa shape index (κ3) is 10.6. The molecule has 0 N–H and O–H groups in total. The Bertz CT molecular complexity index is 1240. The highest BCUT2D eigenvalue weighted by Gasteiger charge is 2.38. The van der Waals surface area contributed by atoms with E-state index >= 15 is 0 Å². The van der Waals surface area contributed by atoms with Gasteiger partial charge in [0, 0.05) is 17.7 Å². The highest BCUT2D eigenvalue weighted by atomic mass is 127. The molecule has 0 aliphatic carbocycles. The number of hydrogen-bond donors (Lipinski definition) is 0. The zero-order valence-electron chi connectivity index (χ0n) is 19.5. The second-order valence-corrected chi connectivity index (χ2v) is 10.7. The Morgan fingerprint density at radius 2 is 1.35 bits per heavy atom. The second kappa shape index (κ2) is 14.6. The summed E-state index contributed by atoms with van der Waals surface area (Å²) in [4.78, 5) is 16.4. The maximum absolute atomic E-state index is 13.3. The summed E-state index contributed by atoms with van der Waals surface area (Å²) in [7, 11) is 0. The lowest BCUT2D eigenvalue weighted by Gasteiger charge is -2.19. The number of rotatable bonds is 11. The molecule has 0 saturated carbocycles. The smallest absolute Gasteiger partial charge is 0.471 e. The molecule has 0 saturated heterocycles. The fourth-order valence-corrected chi connectivity index (χ4v) is 3.85. The van der Waals surface area contributed by atoms with Gasteiger partial charge < -0.3 is 9.47 Å². The van der Waals surface area contributed by atoms with Crippen molar-refractivity contribution in [2.75, 3.05) is 6.61 Å². The Kier molecular flexibility index (Phi) is 11.7. The Labute approximate surface area is 254 Å². The van der Waals surface area contributed by atoms with Crippen LogP contribution in [0.1, 0.15) is 22.8 Å². The summed E-state index contributed by atoms with van der Waals surface area (Å²) in [5.41, 5.74) is -5.58. The number of oxime groups is 1. The number of carbonyl (C=O) groups excluding carboxylic acids is 1. The van der Waals surface area contributed by atoms with Crippen LogP contribution >= 0.6 is 57.2 Å². The molecule has 3 aromatic rings. The quantitative estimate of drug-likeness (QED) is 0.0285. The lowest BCUT2D eigenvalue weighted by atomic mass is 10.0. The Balaban J connectivity index is 1.63. The molecule has 0 amide bonds. The van der Waals surface area contributed by atoms with Gasteiger partial charge in [0.25, 0.3) is 0 Å². The highest BCUT2D eigenvalue weighted by Crippen LogP contribution is 2.31. The summed E-state index contributed by atoms with van der Waals surface area (Å²) >= 11 is 3.15. The molecule has 0 aliphatic rings. The monoisotopic (exact) mass is 813 g/mol. The molecule has 0 fully saturated rings. The SMILES string of the molecule is O=C(COc1ccc(C(=NOOOSC(F)(F)F)C(F)(F)F)cc1)OC(c1ccc(I)cc1)c1ccc(I)cc1. The number of carbonyl (C=O) groups is 1. The second-order valence-electron chi connectivity index (χ2n) is 7.46. The van der Waals surface area contributed by atoms with Gasteiger partial charge in [-0.2, -0.15) is 31.3 Å². The van der Waals surface area contributed by atoms with Crippen molar-refractivity contribution in [1.82, 2.24) is 0 Å². The molecule has 3 rings (SSSR count). The van der Waals surface area contributed by atoms with Crippen LogP contribution < -0.4 is 4.74 Å². The van der Waals surface area contributed by atoms with E-state index < -0.39 is 53.7 Å². The molecule has 0 unspecified atom stereocenters. The van der Waals surface area contributed by atoms with Gasteiger partial charge in [0.2, 0.25) is 0 Å². The zero-order chi connectivity index (χ0) is 29.3. The van der Waals surface area contributed by atoms with E-state index in [-0.39, 0.29) is 5.75 Å². The van der Waals surface area contributed by atoms with Crippen molar-refractivity contribution in [3.05, 3.63) is 96.6 Å². The average Bonchev–Trinajstić information content (AvgIpc) is 2.88. The molecule has 0 radical (unpaired) electrons. The van der Waals surface area contributed by atoms with Gasteiger partial charge in [0.05, 0.1) is 0 Å². The number of nitrogens with zero attached hydrogens (tertiary/aromatic N) is 1. The number of benzene rings is 3. The van der Waals surface area contributed by atoms with Crippen molar-refractivity contribution < 1.29 is 55.0 Å². The maximum atomic E-state index is 13.3. The predicted octanol–water partition coefficient (Wildman–Crippen LogP) is 7.92. The third-order valence-corrected chi connectivity index (χ3v) is 6.41. The first kappa shape index (κ1) is 32.2. The molecular formula is C24H15F6I2NO6S. The lowest BCUT2D eigenvalue weighted by Crippen LogP contribution is -2.24. The van der Waals surface area contributed by atoms with E-state index in [9.17, 15) is 31.1 Å². The normalized spacial score (nSPS) is 12.4. The number of ether oxygens (including phenoxy) is 2. The molecule has 7 nitrogen and oxygen atoms in total. The number of alkyl halides is 6. The van der Waals surface area contributed by atoms with Gasteiger partial charge in [0.15, 0.2) is 18.4 Å². The van der Waals surface area contributed by atoms with Crippen LogP contribution in [0.3, 0.4) is 0 Å². The van der Waals surface area contributed by atoms with Gasteiger partial charge in [-0.25, -0.2) is 4.79 Å². The van der Waals surface area contributed by atoms with E-state index in [2.05, 4.69) is 64.7 Å². The van der Waals surface area contributed by atoms with Crippen molar-refractivity contribution in [2.45, 2.75) is 17.8 Å². The van der Waals surface area contributed by atoms with Crippen molar-refractivity contribution >= 4 is 68.9 Å². The summed E-state index contributed by atoms with van der Waals surface area (Å²) in [6.07, 6.45) is -5.79. The molecule has 0 atom stereocenters. The van der Waals surface area contributed by atoms with Crippen molar-refractivity contribution in [1.29, 1.82) is 0 Å². The van der Waals surface area contributed by atoms with E-state index in [1.807, 2.05) is 48.5 Å². The van der Waals surface area contributed by atoms with Gasteiger partial charge >= 0.3 is 17.7 Å². The van der Waals surface area contributed by atoms with Crippen LogP contribution in [0.15, 0.2) is 78.0 Å². The minimum Gasteiger partial charge on any atom is -0.482 e. The van der Waals surface area contributed by atoms with E-state index in [0.29, 0.717) is 0 Å². The number of halogens is 8. The summed E-state index contributed by atoms with van der Waals surface area (Å²) in [5, 5.41) is 6.17. The molecule has 0 aromatic heterocycles. The van der Waals surface area contributed by atoms with E-state index in [0.717, 1.165) is 42.5 Å². The van der Waals surface area contributed by atoms with Gasteiger partial charge in [-0.1, -0.05) is 24.3 Å². The van der Waals surface area contributed by atoms with Crippen LogP contribution in [0.5, 0.6) is 5.75 Å². The van der Waals surface area contributed by atoms with Crippen molar-refractivity contribution in [3.8, 4) is 5.75 Å². The topological polar surface area (TPSA) is 75.6 Å². The Morgan fingerprint density at radius 1 is 0.825 bits per heavy atom. The molecule has 0 bridgehead atoms. The first-order valence-electron chi connectivity index (χ1n) is 10.7. The number of hydrogen-bond acceptors (Lipinski definition) is 8. The molecule has 0 aliphatic heterocycles. The molecule has 0 heterocycles. The predicted molar refractivity (Wildman–Crippen MR) is 148 cm³/mol. The van der Waals surface area contributed by atoms with Gasteiger partial charge in [0.1, 0.15) is 17.8 Å². The standard InChI is InChI=1S/C24H15F6I2NO6S/c25-23(26,27)22(33-37-38-39-40-24(28,29)30)16-5-11-19(12-6-16)35-13-20(34)36-21(14-1-7-17(31)8-2-14)15-3-9-18(32)10-4-15/h1-12,21H,13H2. The molecular weight excluding hydrogens is 798 g/mol. The van der Waals surface area contributed by atoms with Crippen LogP contribution in [0.2, 0.25) is 0 Å². The average molecular weight is 813 g/mol. The van der Waals surface area contributed by atoms with Crippen LogP contribution in [0.25, 0.3) is 0 Å². The van der Waals surface area contributed by atoms with Gasteiger partial charge in [-0.15, -0.1) is 4.33 Å². The third-order valence-electron chi connectivity index (χ3n) is 4.66. The highest BCUT2D eigenvalue weighted by molar-refractivity contribution is 14.1. The van der Waals surface area contributed by atoms with Crippen LogP contribution in [0, 0.1) is 7.14 Å². The molecule has 214 valence electrons. The minimum absolute atomic E-state index is 0.0318. The summed E-state index contributed by atoms with van der Waals surface area (Å²) in [6, 6.07) is 18.9. The van der Waals surface area contributed by atoms with Crippen LogP contribution in [0.4, 0.5) is 26.3 Å².